The van der Waals surface area contributed by atoms with Gasteiger partial charge < -0.3 is 4.90 Å². The van der Waals surface area contributed by atoms with Crippen molar-refractivity contribution < 1.29 is 4.39 Å². The van der Waals surface area contributed by atoms with Crippen LogP contribution < -0.4 is 4.90 Å². The summed E-state index contributed by atoms with van der Waals surface area (Å²) in [4.78, 5) is 6.10. The van der Waals surface area contributed by atoms with Crippen molar-refractivity contribution in [3.63, 3.8) is 0 Å². The summed E-state index contributed by atoms with van der Waals surface area (Å²) in [6.07, 6.45) is 0. The van der Waals surface area contributed by atoms with E-state index in [0.29, 0.717) is 18.9 Å². The van der Waals surface area contributed by atoms with Gasteiger partial charge in [0.1, 0.15) is 5.82 Å². The third kappa shape index (κ3) is 3.70. The Bertz CT molecular complexity index is 672. The van der Waals surface area contributed by atoms with Gasteiger partial charge in [0.05, 0.1) is 0 Å². The Morgan fingerprint density at radius 1 is 0.682 bits per heavy atom. The van der Waals surface area contributed by atoms with Crippen LogP contribution in [0.25, 0.3) is 0 Å². The highest BCUT2D eigenvalue weighted by Gasteiger charge is 2.10. The van der Waals surface area contributed by atoms with E-state index in [4.69, 9.17) is 0 Å². The van der Waals surface area contributed by atoms with Gasteiger partial charge in [0.2, 0.25) is 5.95 Å². The third-order valence-electron chi connectivity index (χ3n) is 3.46. The highest BCUT2D eigenvalue weighted by Crippen LogP contribution is 2.18. The number of hydrogen-bond donors (Lipinski definition) is 0. The molecular formula is C19H17FN2. The van der Waals surface area contributed by atoms with Crippen molar-refractivity contribution in [1.29, 1.82) is 0 Å². The van der Waals surface area contributed by atoms with Gasteiger partial charge >= 0.3 is 0 Å². The molecule has 2 aromatic carbocycles. The molecule has 3 heteroatoms. The molecule has 0 aliphatic heterocycles. The van der Waals surface area contributed by atoms with Crippen LogP contribution in [0.15, 0.2) is 78.9 Å². The van der Waals surface area contributed by atoms with Crippen molar-refractivity contribution in [3.05, 3.63) is 95.9 Å². The largest absolute Gasteiger partial charge is 0.348 e. The van der Waals surface area contributed by atoms with Crippen molar-refractivity contribution in [1.82, 2.24) is 4.98 Å². The Kier molecular flexibility index (Phi) is 4.44. The molecule has 1 aromatic heterocycles. The minimum Gasteiger partial charge on any atom is -0.348 e. The Morgan fingerprint density at radius 2 is 1.23 bits per heavy atom. The monoisotopic (exact) mass is 292 g/mol. The quantitative estimate of drug-likeness (QED) is 0.647. The Morgan fingerprint density at radius 3 is 1.73 bits per heavy atom. The van der Waals surface area contributed by atoms with Crippen LogP contribution in [0.4, 0.5) is 10.2 Å². The second kappa shape index (κ2) is 6.85. The lowest BCUT2D eigenvalue weighted by molar-refractivity contribution is 0.580. The number of benzene rings is 2. The lowest BCUT2D eigenvalue weighted by Gasteiger charge is -2.24. The first kappa shape index (κ1) is 14.3. The van der Waals surface area contributed by atoms with Crippen molar-refractivity contribution in [2.45, 2.75) is 13.1 Å². The summed E-state index contributed by atoms with van der Waals surface area (Å²) in [5, 5.41) is 0. The van der Waals surface area contributed by atoms with Crippen LogP contribution in [0.1, 0.15) is 11.1 Å². The summed E-state index contributed by atoms with van der Waals surface area (Å²) in [6, 6.07) is 25.2. The van der Waals surface area contributed by atoms with Gasteiger partial charge in [0.15, 0.2) is 0 Å². The lowest BCUT2D eigenvalue weighted by Crippen LogP contribution is -2.23. The molecule has 3 aromatic rings. The fourth-order valence-electron chi connectivity index (χ4n) is 2.40. The van der Waals surface area contributed by atoms with E-state index < -0.39 is 5.95 Å². The molecule has 3 rings (SSSR count). The van der Waals surface area contributed by atoms with E-state index in [-0.39, 0.29) is 0 Å². The summed E-state index contributed by atoms with van der Waals surface area (Å²) in [5.74, 6) is 0.191. The zero-order valence-electron chi connectivity index (χ0n) is 12.2. The molecule has 0 atom stereocenters. The first-order valence-electron chi connectivity index (χ1n) is 7.26. The molecule has 0 unspecified atom stereocenters. The van der Waals surface area contributed by atoms with Crippen LogP contribution in [0, 0.1) is 5.95 Å². The van der Waals surface area contributed by atoms with Gasteiger partial charge in [0.25, 0.3) is 0 Å². The average Bonchev–Trinajstić information content (AvgIpc) is 2.56. The molecule has 0 fully saturated rings. The van der Waals surface area contributed by atoms with Crippen LogP contribution in [0.5, 0.6) is 0 Å². The molecular weight excluding hydrogens is 275 g/mol. The number of hydrogen-bond acceptors (Lipinski definition) is 2. The normalized spacial score (nSPS) is 10.4. The summed E-state index contributed by atoms with van der Waals surface area (Å²) in [5.41, 5.74) is 2.34. The molecule has 0 N–H and O–H groups in total. The standard InChI is InChI=1S/C19H17FN2/c20-18-12-7-13-19(21-18)22(14-16-8-3-1-4-9-16)15-17-10-5-2-6-11-17/h1-13H,14-15H2. The first-order chi connectivity index (χ1) is 10.8. The van der Waals surface area contributed by atoms with E-state index in [1.165, 1.54) is 17.2 Å². The van der Waals surface area contributed by atoms with Crippen LogP contribution >= 0.6 is 0 Å². The average molecular weight is 292 g/mol. The SMILES string of the molecule is Fc1cccc(N(Cc2ccccc2)Cc2ccccc2)n1. The van der Waals surface area contributed by atoms with Gasteiger partial charge in [0, 0.05) is 13.1 Å². The maximum Gasteiger partial charge on any atom is 0.214 e. The van der Waals surface area contributed by atoms with Gasteiger partial charge in [-0.1, -0.05) is 66.7 Å². The highest BCUT2D eigenvalue weighted by molar-refractivity contribution is 5.40. The van der Waals surface area contributed by atoms with E-state index in [1.54, 1.807) is 6.07 Å². The molecule has 0 saturated heterocycles. The van der Waals surface area contributed by atoms with E-state index in [2.05, 4.69) is 34.1 Å². The number of halogens is 1. The predicted octanol–water partition coefficient (Wildman–Crippen LogP) is 4.43. The molecule has 110 valence electrons. The Labute approximate surface area is 129 Å². The molecule has 0 bridgehead atoms. The second-order valence-electron chi connectivity index (χ2n) is 5.15. The minimum atomic E-state index is -0.455. The molecule has 1 heterocycles. The summed E-state index contributed by atoms with van der Waals surface area (Å²) >= 11 is 0. The predicted molar refractivity (Wildman–Crippen MR) is 87.0 cm³/mol. The zero-order valence-corrected chi connectivity index (χ0v) is 12.2. The summed E-state index contributed by atoms with van der Waals surface area (Å²) in [6.45, 7) is 1.37. The van der Waals surface area contributed by atoms with E-state index in [9.17, 15) is 4.39 Å². The zero-order chi connectivity index (χ0) is 15.2. The fourth-order valence-corrected chi connectivity index (χ4v) is 2.40. The number of nitrogens with zero attached hydrogens (tertiary/aromatic N) is 2. The van der Waals surface area contributed by atoms with Crippen LogP contribution in [0.2, 0.25) is 0 Å². The Hall–Kier alpha value is -2.68. The van der Waals surface area contributed by atoms with Gasteiger partial charge in [-0.3, -0.25) is 0 Å². The molecule has 0 aliphatic rings. The molecule has 0 spiro atoms. The number of aromatic nitrogens is 1. The third-order valence-corrected chi connectivity index (χ3v) is 3.46. The number of pyridine rings is 1. The van der Waals surface area contributed by atoms with Crippen molar-refractivity contribution in [3.8, 4) is 0 Å². The maximum absolute atomic E-state index is 13.5. The van der Waals surface area contributed by atoms with Crippen molar-refractivity contribution >= 4 is 5.82 Å². The smallest absolute Gasteiger partial charge is 0.214 e. The van der Waals surface area contributed by atoms with Gasteiger partial charge in [-0.15, -0.1) is 0 Å². The number of rotatable bonds is 5. The molecule has 0 aliphatic carbocycles. The minimum absolute atomic E-state index is 0.455. The molecule has 2 nitrogen and oxygen atoms in total. The molecule has 22 heavy (non-hydrogen) atoms. The fraction of sp³-hybridized carbons (Fsp3) is 0.105. The molecule has 0 saturated carbocycles. The van der Waals surface area contributed by atoms with E-state index in [1.807, 2.05) is 42.5 Å². The maximum atomic E-state index is 13.5. The van der Waals surface area contributed by atoms with Gasteiger partial charge in [-0.05, 0) is 23.3 Å². The number of anilines is 1. The summed E-state index contributed by atoms with van der Waals surface area (Å²) < 4.78 is 13.5. The highest BCUT2D eigenvalue weighted by atomic mass is 19.1. The van der Waals surface area contributed by atoms with Gasteiger partial charge in [-0.25, -0.2) is 4.98 Å². The van der Waals surface area contributed by atoms with Crippen LogP contribution in [-0.4, -0.2) is 4.98 Å². The van der Waals surface area contributed by atoms with Crippen LogP contribution in [-0.2, 0) is 13.1 Å². The van der Waals surface area contributed by atoms with Crippen LogP contribution in [0.3, 0.4) is 0 Å². The Balaban J connectivity index is 1.88. The van der Waals surface area contributed by atoms with Crippen molar-refractivity contribution in [2.75, 3.05) is 4.90 Å². The topological polar surface area (TPSA) is 16.1 Å². The van der Waals surface area contributed by atoms with E-state index >= 15 is 0 Å². The van der Waals surface area contributed by atoms with E-state index in [0.717, 1.165) is 0 Å². The lowest BCUT2D eigenvalue weighted by atomic mass is 10.1. The first-order valence-corrected chi connectivity index (χ1v) is 7.26. The summed E-state index contributed by atoms with van der Waals surface area (Å²) in [7, 11) is 0. The molecule has 0 amide bonds. The second-order valence-corrected chi connectivity index (χ2v) is 5.15. The van der Waals surface area contributed by atoms with Crippen molar-refractivity contribution in [2.24, 2.45) is 0 Å². The molecule has 0 radical (unpaired) electrons. The van der Waals surface area contributed by atoms with Gasteiger partial charge in [-0.2, -0.15) is 4.39 Å².